The lowest BCUT2D eigenvalue weighted by Gasteiger charge is -2.39. The van der Waals surface area contributed by atoms with Crippen molar-refractivity contribution in [3.8, 4) is 11.4 Å². The number of morpholine rings is 1. The van der Waals surface area contributed by atoms with Gasteiger partial charge < -0.3 is 23.8 Å². The highest BCUT2D eigenvalue weighted by atomic mass is 19.1. The van der Waals surface area contributed by atoms with Crippen LogP contribution in [0.4, 0.5) is 4.39 Å². The maximum atomic E-state index is 13.5. The van der Waals surface area contributed by atoms with Crippen LogP contribution in [0.1, 0.15) is 30.7 Å². The van der Waals surface area contributed by atoms with Crippen molar-refractivity contribution in [2.24, 2.45) is 5.16 Å². The molecule has 3 aromatic rings. The average molecular weight is 448 g/mol. The Kier molecular flexibility index (Phi) is 5.08. The summed E-state index contributed by atoms with van der Waals surface area (Å²) in [7, 11) is 1.64. The molecule has 1 aromatic heterocycles. The number of rotatable bonds is 4. The minimum atomic E-state index is -0.846. The molecule has 0 saturated carbocycles. The second kappa shape index (κ2) is 7.95. The summed E-state index contributed by atoms with van der Waals surface area (Å²) in [5.74, 6) is 1.63. The summed E-state index contributed by atoms with van der Waals surface area (Å²) >= 11 is 0. The van der Waals surface area contributed by atoms with E-state index < -0.39 is 5.72 Å². The van der Waals surface area contributed by atoms with Gasteiger partial charge in [0, 0.05) is 18.7 Å². The van der Waals surface area contributed by atoms with Crippen LogP contribution >= 0.6 is 0 Å². The molecular formula is C25H25FN4O3. The largest absolute Gasteiger partial charge is 0.495 e. The van der Waals surface area contributed by atoms with E-state index in [1.165, 1.54) is 12.1 Å². The van der Waals surface area contributed by atoms with Crippen LogP contribution in [-0.2, 0) is 15.3 Å². The fourth-order valence-electron chi connectivity index (χ4n) is 4.20. The maximum Gasteiger partial charge on any atom is 0.234 e. The predicted octanol–water partition coefficient (Wildman–Crippen LogP) is 4.61. The number of aromatic nitrogens is 2. The van der Waals surface area contributed by atoms with Gasteiger partial charge in [-0.15, -0.1) is 0 Å². The van der Waals surface area contributed by atoms with Gasteiger partial charge in [-0.05, 0) is 49.8 Å². The first kappa shape index (κ1) is 21.1. The second-order valence-electron chi connectivity index (χ2n) is 8.40. The predicted molar refractivity (Wildman–Crippen MR) is 122 cm³/mol. The molecule has 3 heterocycles. The smallest absolute Gasteiger partial charge is 0.234 e. The molecule has 0 radical (unpaired) electrons. The Hall–Kier alpha value is -3.81. The van der Waals surface area contributed by atoms with Crippen LogP contribution in [0.15, 0.2) is 65.9 Å². The van der Waals surface area contributed by atoms with Crippen LogP contribution in [0.2, 0.25) is 0 Å². The van der Waals surface area contributed by atoms with Gasteiger partial charge >= 0.3 is 0 Å². The van der Waals surface area contributed by atoms with Gasteiger partial charge in [0.2, 0.25) is 11.6 Å². The third kappa shape index (κ3) is 3.71. The Morgan fingerprint density at radius 1 is 1.21 bits per heavy atom. The zero-order chi connectivity index (χ0) is 23.2. The fraction of sp³-hybridized carbons (Fsp3) is 0.280. The lowest BCUT2D eigenvalue weighted by Crippen LogP contribution is -2.51. The molecular weight excluding hydrogens is 423 g/mol. The quantitative estimate of drug-likeness (QED) is 0.584. The number of fused-ring (bicyclic) bond motifs is 1. The number of oxime groups is 1. The Balaban J connectivity index is 1.48. The summed E-state index contributed by atoms with van der Waals surface area (Å²) in [6, 6.07) is 12.2. The first-order chi connectivity index (χ1) is 15.9. The van der Waals surface area contributed by atoms with Crippen LogP contribution < -0.4 is 4.74 Å². The highest BCUT2D eigenvalue weighted by Crippen LogP contribution is 2.39. The number of amidine groups is 1. The Morgan fingerprint density at radius 3 is 2.70 bits per heavy atom. The molecule has 0 spiro atoms. The zero-order valence-corrected chi connectivity index (χ0v) is 18.9. The molecule has 33 heavy (non-hydrogen) atoms. The summed E-state index contributed by atoms with van der Waals surface area (Å²) in [6.45, 7) is 6.46. The van der Waals surface area contributed by atoms with Crippen LogP contribution in [0.25, 0.3) is 11.8 Å². The van der Waals surface area contributed by atoms with Crippen molar-refractivity contribution in [3.05, 3.63) is 83.4 Å². The van der Waals surface area contributed by atoms with Gasteiger partial charge in [-0.2, -0.15) is 0 Å². The number of hydrogen-bond donors (Lipinski definition) is 0. The Morgan fingerprint density at radius 2 is 2.00 bits per heavy atom. The number of imidazole rings is 1. The second-order valence-corrected chi connectivity index (χ2v) is 8.40. The van der Waals surface area contributed by atoms with E-state index >= 15 is 0 Å². The molecule has 170 valence electrons. The molecule has 0 bridgehead atoms. The van der Waals surface area contributed by atoms with Gasteiger partial charge in [0.05, 0.1) is 31.4 Å². The first-order valence-electron chi connectivity index (χ1n) is 10.7. The van der Waals surface area contributed by atoms with E-state index in [-0.39, 0.29) is 11.9 Å². The van der Waals surface area contributed by atoms with E-state index in [2.05, 4.69) is 15.0 Å². The van der Waals surface area contributed by atoms with Crippen molar-refractivity contribution in [2.45, 2.75) is 32.6 Å². The summed E-state index contributed by atoms with van der Waals surface area (Å²) in [4.78, 5) is 12.2. The van der Waals surface area contributed by atoms with E-state index in [1.807, 2.05) is 55.8 Å². The number of nitrogens with zero attached hydrogens (tertiary/aromatic N) is 4. The average Bonchev–Trinajstić information content (AvgIpc) is 3.38. The van der Waals surface area contributed by atoms with Crippen LogP contribution in [0, 0.1) is 12.7 Å². The van der Waals surface area contributed by atoms with Crippen molar-refractivity contribution in [1.29, 1.82) is 0 Å². The van der Waals surface area contributed by atoms with E-state index in [0.29, 0.717) is 23.9 Å². The molecule has 0 unspecified atom stereocenters. The lowest BCUT2D eigenvalue weighted by molar-refractivity contribution is -0.104. The third-order valence-corrected chi connectivity index (χ3v) is 5.94. The molecule has 1 fully saturated rings. The van der Waals surface area contributed by atoms with Crippen molar-refractivity contribution in [3.63, 3.8) is 0 Å². The summed E-state index contributed by atoms with van der Waals surface area (Å²) < 4.78 is 27.2. The molecule has 0 amide bonds. The van der Waals surface area contributed by atoms with Crippen LogP contribution in [0.5, 0.6) is 5.75 Å². The normalized spacial score (nSPS) is 23.1. The van der Waals surface area contributed by atoms with Crippen molar-refractivity contribution < 1.29 is 18.7 Å². The van der Waals surface area contributed by atoms with Gasteiger partial charge in [-0.3, -0.25) is 0 Å². The number of aryl methyl sites for hydroxylation is 1. The zero-order valence-electron chi connectivity index (χ0n) is 18.9. The van der Waals surface area contributed by atoms with Crippen LogP contribution in [-0.4, -0.2) is 40.0 Å². The number of ether oxygens (including phenoxy) is 2. The van der Waals surface area contributed by atoms with E-state index in [0.717, 1.165) is 22.5 Å². The van der Waals surface area contributed by atoms with Crippen molar-refractivity contribution >= 4 is 11.9 Å². The number of hydrogen-bond acceptors (Lipinski definition) is 6. The minimum Gasteiger partial charge on any atom is -0.495 e. The molecule has 0 N–H and O–H groups in total. The standard InChI is InChI=1S/C25H25FN4O3/c1-16-13-29(15-27-16)21-10-5-18(11-22(21)31-4)12-23-24-28-33-25(3,30(24)14-17(2)32-23)19-6-8-20(26)9-7-19/h5-13,15,17H,14H2,1-4H3/t17-,25-/m1/s1. The molecule has 2 atom stereocenters. The number of benzene rings is 2. The molecule has 1 saturated heterocycles. The van der Waals surface area contributed by atoms with E-state index in [9.17, 15) is 4.39 Å². The molecule has 2 aromatic carbocycles. The van der Waals surface area contributed by atoms with Gasteiger partial charge in [0.15, 0.2) is 5.76 Å². The van der Waals surface area contributed by atoms with Crippen LogP contribution in [0.3, 0.4) is 0 Å². The third-order valence-electron chi connectivity index (χ3n) is 5.94. The molecule has 0 aliphatic carbocycles. The highest BCUT2D eigenvalue weighted by molar-refractivity contribution is 6.01. The van der Waals surface area contributed by atoms with Crippen molar-refractivity contribution in [1.82, 2.24) is 14.5 Å². The SMILES string of the molecule is COc1cc(C=C2O[C@H](C)CN3C2=NO[C@]3(C)c2ccc(F)cc2)ccc1-n1cnc(C)c1. The molecule has 2 aliphatic heterocycles. The van der Waals surface area contributed by atoms with Gasteiger partial charge in [0.25, 0.3) is 0 Å². The van der Waals surface area contributed by atoms with Crippen molar-refractivity contribution in [2.75, 3.05) is 13.7 Å². The summed E-state index contributed by atoms with van der Waals surface area (Å²) in [5, 5.41) is 4.34. The minimum absolute atomic E-state index is 0.0910. The summed E-state index contributed by atoms with van der Waals surface area (Å²) in [6.07, 6.45) is 5.54. The maximum absolute atomic E-state index is 13.5. The molecule has 7 nitrogen and oxygen atoms in total. The number of methoxy groups -OCH3 is 1. The molecule has 2 aliphatic rings. The van der Waals surface area contributed by atoms with Gasteiger partial charge in [-0.1, -0.05) is 23.4 Å². The summed E-state index contributed by atoms with van der Waals surface area (Å²) in [5.41, 5.74) is 2.69. The lowest BCUT2D eigenvalue weighted by atomic mass is 10.0. The molecule has 8 heteroatoms. The highest BCUT2D eigenvalue weighted by Gasteiger charge is 2.48. The van der Waals surface area contributed by atoms with Gasteiger partial charge in [0.1, 0.15) is 17.7 Å². The monoisotopic (exact) mass is 448 g/mol. The Labute approximate surface area is 191 Å². The number of halogens is 1. The molecule has 5 rings (SSSR count). The topological polar surface area (TPSA) is 61.1 Å². The Bertz CT molecular complexity index is 1250. The van der Waals surface area contributed by atoms with E-state index in [4.69, 9.17) is 14.3 Å². The first-order valence-corrected chi connectivity index (χ1v) is 10.7. The van der Waals surface area contributed by atoms with E-state index in [1.54, 1.807) is 25.6 Å². The van der Waals surface area contributed by atoms with Gasteiger partial charge in [-0.25, -0.2) is 9.37 Å². The fourth-order valence-corrected chi connectivity index (χ4v) is 4.20.